The number of hydrogen-bond acceptors (Lipinski definition) is 6. The Kier molecular flexibility index (Phi) is 5.38. The molecule has 0 unspecified atom stereocenters. The van der Waals surface area contributed by atoms with Crippen LogP contribution in [0.1, 0.15) is 5.56 Å². The minimum absolute atomic E-state index is 0.138. The molecule has 2 heterocycles. The Morgan fingerprint density at radius 2 is 1.66 bits per heavy atom. The molecule has 2 aromatic heterocycles. The molecule has 0 atom stereocenters. The third-order valence-corrected chi connectivity index (χ3v) is 8.73. The van der Waals surface area contributed by atoms with Gasteiger partial charge in [0, 0.05) is 5.39 Å². The van der Waals surface area contributed by atoms with Crippen LogP contribution in [0.3, 0.4) is 0 Å². The van der Waals surface area contributed by atoms with Gasteiger partial charge < -0.3 is 4.42 Å². The third-order valence-electron chi connectivity index (χ3n) is 4.28. The molecule has 148 valence electrons. The van der Waals surface area contributed by atoms with E-state index in [0.717, 1.165) is 10.9 Å². The van der Waals surface area contributed by atoms with Gasteiger partial charge in [-0.2, -0.15) is 5.10 Å². The second-order valence-corrected chi connectivity index (χ2v) is 15.0. The molecule has 6 nitrogen and oxygen atoms in total. The van der Waals surface area contributed by atoms with Crippen molar-refractivity contribution in [2.75, 3.05) is 5.38 Å². The van der Waals surface area contributed by atoms with Gasteiger partial charge in [-0.1, -0.05) is 79.9 Å². The van der Waals surface area contributed by atoms with E-state index < -0.39 is 8.07 Å². The first-order chi connectivity index (χ1) is 13.9. The zero-order valence-corrected chi connectivity index (χ0v) is 18.4. The van der Waals surface area contributed by atoms with Gasteiger partial charge >= 0.3 is 0 Å². The molecule has 29 heavy (non-hydrogen) atoms. The maximum absolute atomic E-state index is 13.0. The van der Waals surface area contributed by atoms with E-state index in [2.05, 4.69) is 34.9 Å². The highest BCUT2D eigenvalue weighted by atomic mass is 32.2. The molecule has 0 saturated heterocycles. The maximum Gasteiger partial charge on any atom is 0.276 e. The van der Waals surface area contributed by atoms with Crippen LogP contribution in [0.5, 0.6) is 0 Å². The Bertz CT molecular complexity index is 1200. The minimum Gasteiger partial charge on any atom is -0.410 e. The van der Waals surface area contributed by atoms with Crippen molar-refractivity contribution >= 4 is 30.6 Å². The van der Waals surface area contributed by atoms with Gasteiger partial charge in [-0.25, -0.2) is 4.68 Å². The number of benzene rings is 2. The molecule has 2 aromatic carbocycles. The predicted molar refractivity (Wildman–Crippen MR) is 119 cm³/mol. The molecule has 4 aromatic rings. The molecule has 0 spiro atoms. The lowest BCUT2D eigenvalue weighted by atomic mass is 10.1. The molecule has 4 rings (SSSR count). The Morgan fingerprint density at radius 1 is 0.966 bits per heavy atom. The van der Waals surface area contributed by atoms with Crippen molar-refractivity contribution in [3.63, 3.8) is 0 Å². The van der Waals surface area contributed by atoms with E-state index in [9.17, 15) is 4.79 Å². The Labute approximate surface area is 174 Å². The zero-order valence-electron chi connectivity index (χ0n) is 16.6. The first-order valence-electron chi connectivity index (χ1n) is 9.41. The lowest BCUT2D eigenvalue weighted by Crippen LogP contribution is -2.24. The summed E-state index contributed by atoms with van der Waals surface area (Å²) in [6, 6.07) is 17.2. The molecule has 0 bridgehead atoms. The number of hydrogen-bond donors (Lipinski definition) is 0. The van der Waals surface area contributed by atoms with Crippen molar-refractivity contribution in [3.8, 4) is 11.6 Å². The second-order valence-electron chi connectivity index (χ2n) is 8.07. The first-order valence-corrected chi connectivity index (χ1v) is 14.1. The molecule has 0 aliphatic rings. The molecule has 0 fully saturated rings. The van der Waals surface area contributed by atoms with Crippen LogP contribution in [-0.4, -0.2) is 33.4 Å². The van der Waals surface area contributed by atoms with Gasteiger partial charge in [-0.3, -0.25) is 4.79 Å². The van der Waals surface area contributed by atoms with Crippen molar-refractivity contribution in [2.45, 2.75) is 31.4 Å². The molecular weight excluding hydrogens is 400 g/mol. The fourth-order valence-corrected chi connectivity index (χ4v) is 5.36. The fourth-order valence-electron chi connectivity index (χ4n) is 2.90. The van der Waals surface area contributed by atoms with Crippen molar-refractivity contribution in [1.82, 2.24) is 20.0 Å². The molecule has 0 radical (unpaired) electrons. The van der Waals surface area contributed by atoms with Gasteiger partial charge in [0.15, 0.2) is 5.69 Å². The zero-order chi connectivity index (χ0) is 20.4. The molecule has 0 aliphatic heterocycles. The topological polar surface area (TPSA) is 73.8 Å². The highest BCUT2D eigenvalue weighted by molar-refractivity contribution is 8.00. The lowest BCUT2D eigenvalue weighted by Gasteiger charge is -2.12. The van der Waals surface area contributed by atoms with E-state index in [4.69, 9.17) is 4.42 Å². The van der Waals surface area contributed by atoms with Crippen molar-refractivity contribution in [2.24, 2.45) is 0 Å². The summed E-state index contributed by atoms with van der Waals surface area (Å²) in [5.74, 6) is 0.334. The summed E-state index contributed by atoms with van der Waals surface area (Å²) in [5, 5.41) is 15.8. The Morgan fingerprint density at radius 3 is 2.38 bits per heavy atom. The molecular formula is C21H22N4O2SSi. The number of fused-ring (bicyclic) bond motifs is 1. The normalized spacial score (nSPS) is 11.8. The van der Waals surface area contributed by atoms with Gasteiger partial charge in [-0.15, -0.1) is 10.2 Å². The molecule has 0 aliphatic carbocycles. The highest BCUT2D eigenvalue weighted by Gasteiger charge is 2.20. The number of thioether (sulfide) groups is 1. The average molecular weight is 423 g/mol. The van der Waals surface area contributed by atoms with Crippen LogP contribution < -0.4 is 5.56 Å². The predicted octanol–water partition coefficient (Wildman–Crippen LogP) is 4.46. The van der Waals surface area contributed by atoms with E-state index in [1.165, 1.54) is 4.68 Å². The van der Waals surface area contributed by atoms with Crippen LogP contribution in [-0.2, 0) is 6.54 Å². The van der Waals surface area contributed by atoms with Crippen molar-refractivity contribution in [1.29, 1.82) is 0 Å². The van der Waals surface area contributed by atoms with Crippen LogP contribution in [0.2, 0.25) is 19.6 Å². The van der Waals surface area contributed by atoms with Gasteiger partial charge in [-0.05, 0) is 17.0 Å². The number of nitrogens with zero attached hydrogens (tertiary/aromatic N) is 4. The van der Waals surface area contributed by atoms with E-state index in [0.29, 0.717) is 34.1 Å². The largest absolute Gasteiger partial charge is 0.410 e. The van der Waals surface area contributed by atoms with Crippen LogP contribution in [0.25, 0.3) is 22.4 Å². The summed E-state index contributed by atoms with van der Waals surface area (Å²) < 4.78 is 7.37. The van der Waals surface area contributed by atoms with E-state index in [1.54, 1.807) is 11.8 Å². The first kappa shape index (κ1) is 19.6. The van der Waals surface area contributed by atoms with Gasteiger partial charge in [0.2, 0.25) is 0 Å². The van der Waals surface area contributed by atoms with Crippen LogP contribution in [0.15, 0.2) is 69.0 Å². The smallest absolute Gasteiger partial charge is 0.276 e. The van der Waals surface area contributed by atoms with E-state index in [1.807, 2.05) is 54.6 Å². The van der Waals surface area contributed by atoms with Crippen LogP contribution >= 0.6 is 11.8 Å². The van der Waals surface area contributed by atoms with E-state index >= 15 is 0 Å². The summed E-state index contributed by atoms with van der Waals surface area (Å²) >= 11 is 1.58. The quantitative estimate of drug-likeness (QED) is 0.337. The van der Waals surface area contributed by atoms with Gasteiger partial charge in [0.25, 0.3) is 16.7 Å². The molecule has 0 saturated carbocycles. The third kappa shape index (κ3) is 4.49. The summed E-state index contributed by atoms with van der Waals surface area (Å²) in [6.07, 6.45) is 0. The molecule has 0 amide bonds. The SMILES string of the molecule is C[Si](C)(C)CSc1nnc(-c2nn(Cc3ccccc3)c(=O)c3ccccc23)o1. The summed E-state index contributed by atoms with van der Waals surface area (Å²) in [5.41, 5.74) is 1.39. The van der Waals surface area contributed by atoms with Gasteiger partial charge in [0.05, 0.1) is 20.0 Å². The Hall–Kier alpha value is -2.71. The molecule has 0 N–H and O–H groups in total. The van der Waals surface area contributed by atoms with Crippen molar-refractivity contribution < 1.29 is 4.42 Å². The highest BCUT2D eigenvalue weighted by Crippen LogP contribution is 2.27. The minimum atomic E-state index is -1.24. The van der Waals surface area contributed by atoms with E-state index in [-0.39, 0.29) is 5.56 Å². The summed E-state index contributed by atoms with van der Waals surface area (Å²) in [7, 11) is -1.24. The monoisotopic (exact) mass is 422 g/mol. The van der Waals surface area contributed by atoms with Crippen molar-refractivity contribution in [3.05, 3.63) is 70.5 Å². The maximum atomic E-state index is 13.0. The van der Waals surface area contributed by atoms with Gasteiger partial charge in [0.1, 0.15) is 0 Å². The fraction of sp³-hybridized carbons (Fsp3) is 0.238. The standard InChI is InChI=1S/C21H22N4O2SSi/c1-29(2,3)14-28-21-23-22-19(27-21)18-16-11-7-8-12-17(16)20(26)25(24-18)13-15-9-5-4-6-10-15/h4-12H,13-14H2,1-3H3. The average Bonchev–Trinajstić information content (AvgIpc) is 3.18. The second kappa shape index (κ2) is 7.96. The summed E-state index contributed by atoms with van der Waals surface area (Å²) in [4.78, 5) is 13.0. The lowest BCUT2D eigenvalue weighted by molar-refractivity contribution is 0.463. The number of aromatic nitrogens is 4. The van der Waals surface area contributed by atoms with Crippen LogP contribution in [0.4, 0.5) is 0 Å². The number of rotatable bonds is 6. The van der Waals surface area contributed by atoms with Crippen LogP contribution in [0, 0.1) is 0 Å². The molecule has 8 heteroatoms. The summed E-state index contributed by atoms with van der Waals surface area (Å²) in [6.45, 7) is 7.27. The Balaban J connectivity index is 1.77.